The largest absolute Gasteiger partial charge is 0.494 e. The van der Waals surface area contributed by atoms with Crippen molar-refractivity contribution in [1.29, 1.82) is 0 Å². The number of hydrazone groups is 1. The van der Waals surface area contributed by atoms with E-state index in [4.69, 9.17) is 15.5 Å². The van der Waals surface area contributed by atoms with Crippen LogP contribution in [0.5, 0.6) is 5.75 Å². The number of nitrogens with zero attached hydrogens (tertiary/aromatic N) is 7. The first-order valence-electron chi connectivity index (χ1n) is 9.97. The van der Waals surface area contributed by atoms with Gasteiger partial charge < -0.3 is 15.4 Å². The van der Waals surface area contributed by atoms with E-state index in [1.807, 2.05) is 18.2 Å². The summed E-state index contributed by atoms with van der Waals surface area (Å²) in [6.07, 6.45) is 1.98. The van der Waals surface area contributed by atoms with Crippen LogP contribution in [-0.2, 0) is 6.42 Å². The van der Waals surface area contributed by atoms with Gasteiger partial charge in [0.1, 0.15) is 23.3 Å². The van der Waals surface area contributed by atoms with Crippen molar-refractivity contribution >= 4 is 28.3 Å². The molecule has 0 bridgehead atoms. The van der Waals surface area contributed by atoms with Crippen molar-refractivity contribution < 1.29 is 4.74 Å². The summed E-state index contributed by atoms with van der Waals surface area (Å²) >= 11 is 0. The Labute approximate surface area is 168 Å². The molecule has 29 heavy (non-hydrogen) atoms. The average Bonchev–Trinajstić information content (AvgIpc) is 3.36. The van der Waals surface area contributed by atoms with Crippen LogP contribution < -0.4 is 15.9 Å². The summed E-state index contributed by atoms with van der Waals surface area (Å²) in [5.41, 5.74) is 10.8. The minimum Gasteiger partial charge on any atom is -0.494 e. The minimum atomic E-state index is 0.268. The Balaban J connectivity index is 1.34. The second kappa shape index (κ2) is 7.03. The van der Waals surface area contributed by atoms with Gasteiger partial charge in [-0.3, -0.25) is 10.3 Å². The predicted molar refractivity (Wildman–Crippen MR) is 111 cm³/mol. The summed E-state index contributed by atoms with van der Waals surface area (Å²) in [6.45, 7) is 5.96. The van der Waals surface area contributed by atoms with Crippen molar-refractivity contribution in [2.45, 2.75) is 25.9 Å². The maximum Gasteiger partial charge on any atom is 0.223 e. The van der Waals surface area contributed by atoms with Crippen molar-refractivity contribution in [3.63, 3.8) is 0 Å². The van der Waals surface area contributed by atoms with Crippen LogP contribution in [0.3, 0.4) is 0 Å². The Morgan fingerprint density at radius 2 is 2.17 bits per heavy atom. The summed E-state index contributed by atoms with van der Waals surface area (Å²) in [5, 5.41) is 9.92. The number of para-hydroxylation sites is 1. The third kappa shape index (κ3) is 3.00. The topological polar surface area (TPSA) is 109 Å². The van der Waals surface area contributed by atoms with Gasteiger partial charge in [-0.1, -0.05) is 13.0 Å². The molecule has 1 fully saturated rings. The first-order valence-corrected chi connectivity index (χ1v) is 9.97. The number of nitrogens with two attached hydrogens (primary N) is 1. The van der Waals surface area contributed by atoms with Crippen molar-refractivity contribution in [2.75, 3.05) is 39.0 Å². The van der Waals surface area contributed by atoms with Gasteiger partial charge in [-0.25, -0.2) is 9.97 Å². The van der Waals surface area contributed by atoms with E-state index >= 15 is 0 Å². The second-order valence-corrected chi connectivity index (χ2v) is 7.36. The van der Waals surface area contributed by atoms with Crippen LogP contribution in [0.25, 0.3) is 16.6 Å². The molecule has 0 saturated carbocycles. The number of piperazine rings is 1. The number of methoxy groups -OCH3 is 1. The van der Waals surface area contributed by atoms with Crippen molar-refractivity contribution in [3.05, 3.63) is 24.0 Å². The van der Waals surface area contributed by atoms with Gasteiger partial charge in [0.15, 0.2) is 11.5 Å². The van der Waals surface area contributed by atoms with Gasteiger partial charge in [0.2, 0.25) is 5.95 Å². The average molecular weight is 395 g/mol. The van der Waals surface area contributed by atoms with Crippen LogP contribution in [0.4, 0.5) is 5.95 Å². The fraction of sp³-hybridized carbons (Fsp3) is 0.474. The number of fused-ring (bicyclic) bond motifs is 4. The molecule has 152 valence electrons. The summed E-state index contributed by atoms with van der Waals surface area (Å²) in [4.78, 5) is 14.0. The molecule has 0 radical (unpaired) electrons. The van der Waals surface area contributed by atoms with Crippen LogP contribution in [0.2, 0.25) is 0 Å². The fourth-order valence-corrected chi connectivity index (χ4v) is 4.15. The Kier molecular flexibility index (Phi) is 4.35. The Morgan fingerprint density at radius 3 is 3.00 bits per heavy atom. The smallest absolute Gasteiger partial charge is 0.223 e. The van der Waals surface area contributed by atoms with Gasteiger partial charge in [-0.15, -0.1) is 5.10 Å². The molecule has 3 N–H and O–H groups in total. The first-order chi connectivity index (χ1) is 14.2. The van der Waals surface area contributed by atoms with Crippen molar-refractivity contribution in [2.24, 2.45) is 5.10 Å². The molecule has 2 aliphatic rings. The van der Waals surface area contributed by atoms with E-state index in [-0.39, 0.29) is 6.17 Å². The lowest BCUT2D eigenvalue weighted by atomic mass is 10.2. The van der Waals surface area contributed by atoms with E-state index < -0.39 is 0 Å². The zero-order chi connectivity index (χ0) is 20.0. The summed E-state index contributed by atoms with van der Waals surface area (Å²) < 4.78 is 7.03. The number of nitrogen functional groups attached to an aromatic ring is 1. The molecular weight excluding hydrogens is 370 g/mol. The zero-order valence-electron chi connectivity index (χ0n) is 16.7. The Bertz CT molecular complexity index is 1090. The van der Waals surface area contributed by atoms with Gasteiger partial charge in [0.05, 0.1) is 7.11 Å². The van der Waals surface area contributed by atoms with Crippen molar-refractivity contribution in [1.82, 2.24) is 34.8 Å². The van der Waals surface area contributed by atoms with E-state index in [1.54, 1.807) is 11.6 Å². The molecule has 0 spiro atoms. The van der Waals surface area contributed by atoms with Gasteiger partial charge >= 0.3 is 0 Å². The standard InChI is InChI=1S/C19H25N9O/c1-3-15-23-24-16-11-26(9-10-27(15)16)8-7-14-21-18-12-5-4-6-13(29-2)17(12)22-19(20)28(18)25-14/h4-6,16,24H,3,7-11H2,1-2H3,(H2,20,22). The summed E-state index contributed by atoms with van der Waals surface area (Å²) in [5.74, 6) is 2.91. The van der Waals surface area contributed by atoms with Gasteiger partial charge in [0, 0.05) is 44.4 Å². The number of benzene rings is 1. The van der Waals surface area contributed by atoms with Crippen LogP contribution in [0.1, 0.15) is 19.2 Å². The van der Waals surface area contributed by atoms with Gasteiger partial charge in [0.25, 0.3) is 0 Å². The number of ether oxygens (including phenoxy) is 1. The lowest BCUT2D eigenvalue weighted by Crippen LogP contribution is -2.56. The Hall–Kier alpha value is -3.14. The number of hydrogen-bond donors (Lipinski definition) is 2. The fourth-order valence-electron chi connectivity index (χ4n) is 4.15. The van der Waals surface area contributed by atoms with E-state index in [1.165, 1.54) is 0 Å². The molecule has 1 atom stereocenters. The first kappa shape index (κ1) is 17.9. The van der Waals surface area contributed by atoms with Gasteiger partial charge in [-0.05, 0) is 12.1 Å². The highest BCUT2D eigenvalue weighted by atomic mass is 16.5. The molecule has 4 heterocycles. The predicted octanol–water partition coefficient (Wildman–Crippen LogP) is 0.681. The second-order valence-electron chi connectivity index (χ2n) is 7.36. The lowest BCUT2D eigenvalue weighted by molar-refractivity contribution is 0.122. The number of nitrogens with one attached hydrogen (secondary N) is 1. The number of rotatable bonds is 5. The highest BCUT2D eigenvalue weighted by Gasteiger charge is 2.32. The molecule has 1 aromatic carbocycles. The van der Waals surface area contributed by atoms with Crippen LogP contribution in [0.15, 0.2) is 23.3 Å². The molecule has 1 saturated heterocycles. The van der Waals surface area contributed by atoms with Gasteiger partial charge in [-0.2, -0.15) is 9.62 Å². The van der Waals surface area contributed by atoms with Crippen LogP contribution in [-0.4, -0.2) is 74.7 Å². The summed E-state index contributed by atoms with van der Waals surface area (Å²) in [7, 11) is 1.62. The third-order valence-electron chi connectivity index (χ3n) is 5.66. The number of aromatic nitrogens is 4. The Morgan fingerprint density at radius 1 is 1.28 bits per heavy atom. The molecule has 10 heteroatoms. The van der Waals surface area contributed by atoms with E-state index in [0.717, 1.165) is 56.1 Å². The lowest BCUT2D eigenvalue weighted by Gasteiger charge is -2.38. The number of hydrogen-bond acceptors (Lipinski definition) is 9. The molecule has 2 aromatic heterocycles. The number of anilines is 1. The molecule has 5 rings (SSSR count). The van der Waals surface area contributed by atoms with Crippen LogP contribution in [0, 0.1) is 0 Å². The summed E-state index contributed by atoms with van der Waals surface area (Å²) in [6, 6.07) is 5.76. The SMILES string of the molecule is CCC1=NNC2CN(CCc3nc4c5cccc(OC)c5nc(N)n4n3)CCN12. The molecule has 2 aliphatic heterocycles. The quantitative estimate of drug-likeness (QED) is 0.649. The molecule has 3 aromatic rings. The van der Waals surface area contributed by atoms with Crippen LogP contribution >= 0.6 is 0 Å². The normalized spacial score (nSPS) is 19.4. The molecule has 10 nitrogen and oxygen atoms in total. The maximum absolute atomic E-state index is 6.14. The highest BCUT2D eigenvalue weighted by molar-refractivity contribution is 5.95. The van der Waals surface area contributed by atoms with Crippen molar-refractivity contribution in [3.8, 4) is 5.75 Å². The maximum atomic E-state index is 6.14. The highest BCUT2D eigenvalue weighted by Crippen LogP contribution is 2.27. The molecular formula is C19H25N9O. The zero-order valence-corrected chi connectivity index (χ0v) is 16.7. The minimum absolute atomic E-state index is 0.268. The van der Waals surface area contributed by atoms with E-state index in [0.29, 0.717) is 22.9 Å². The molecule has 1 unspecified atom stereocenters. The molecule has 0 amide bonds. The third-order valence-corrected chi connectivity index (χ3v) is 5.66. The molecule has 0 aliphatic carbocycles. The van der Waals surface area contributed by atoms with E-state index in [2.05, 4.69) is 37.3 Å². The monoisotopic (exact) mass is 395 g/mol. The van der Waals surface area contributed by atoms with E-state index in [9.17, 15) is 0 Å². The number of amidine groups is 1.